The summed E-state index contributed by atoms with van der Waals surface area (Å²) in [6.07, 6.45) is 5.69. The molecule has 3 fully saturated rings. The van der Waals surface area contributed by atoms with Crippen LogP contribution in [0.25, 0.3) is 10.9 Å². The maximum absolute atomic E-state index is 14.9. The van der Waals surface area contributed by atoms with Crippen molar-refractivity contribution in [1.82, 2.24) is 19.3 Å². The number of carboxylic acid groups (broad SMARTS) is 1. The molecule has 2 aliphatic heterocycles. The Morgan fingerprint density at radius 2 is 1.59 bits per heavy atom. The van der Waals surface area contributed by atoms with E-state index in [9.17, 15) is 19.5 Å². The van der Waals surface area contributed by atoms with Gasteiger partial charge in [0.15, 0.2) is 5.78 Å². The Morgan fingerprint density at radius 3 is 2.24 bits per heavy atom. The molecule has 1 atom stereocenters. The SMILES string of the molecule is CC(C)N1CCN(C(O[C@H]2CC[C@H](C(=O)O)CC2)(C(=O)Cc2cc(Cl)c(NC(=O)c3cn(C)c4ccccc34)cc2Cl)N2CCCC2)CC1. The minimum atomic E-state index is -1.31. The number of likely N-dealkylation sites (tertiary alicyclic amines) is 1. The molecule has 12 heteroatoms. The number of fused-ring (bicyclic) bond motifs is 1. The third-order valence-corrected chi connectivity index (χ3v) is 11.3. The molecule has 2 saturated heterocycles. The highest BCUT2D eigenvalue weighted by Gasteiger charge is 2.53. The van der Waals surface area contributed by atoms with Gasteiger partial charge in [-0.2, -0.15) is 0 Å². The second-order valence-corrected chi connectivity index (χ2v) is 14.8. The lowest BCUT2D eigenvalue weighted by Crippen LogP contribution is -2.71. The topological polar surface area (TPSA) is 107 Å². The molecule has 0 spiro atoms. The van der Waals surface area contributed by atoms with E-state index in [0.29, 0.717) is 66.7 Å². The molecule has 1 unspecified atom stereocenters. The van der Waals surface area contributed by atoms with E-state index < -0.39 is 11.8 Å². The van der Waals surface area contributed by atoms with Gasteiger partial charge in [-0.25, -0.2) is 0 Å². The van der Waals surface area contributed by atoms with Gasteiger partial charge in [-0.1, -0.05) is 41.4 Å². The number of carbonyl (C=O) groups is 3. The van der Waals surface area contributed by atoms with Crippen LogP contribution in [-0.4, -0.2) is 99.3 Å². The quantitative estimate of drug-likeness (QED) is 0.239. The summed E-state index contributed by atoms with van der Waals surface area (Å²) >= 11 is 13.6. The lowest BCUT2D eigenvalue weighted by molar-refractivity contribution is -0.261. The van der Waals surface area contributed by atoms with Crippen LogP contribution < -0.4 is 5.32 Å². The maximum Gasteiger partial charge on any atom is 0.306 e. The first kappa shape index (κ1) is 35.8. The minimum absolute atomic E-state index is 0.0124. The van der Waals surface area contributed by atoms with Crippen LogP contribution in [0.15, 0.2) is 42.6 Å². The first-order valence-electron chi connectivity index (χ1n) is 17.5. The van der Waals surface area contributed by atoms with Crippen LogP contribution in [0, 0.1) is 5.92 Å². The van der Waals surface area contributed by atoms with Gasteiger partial charge in [-0.15, -0.1) is 0 Å². The molecule has 49 heavy (non-hydrogen) atoms. The van der Waals surface area contributed by atoms with Crippen molar-refractivity contribution in [3.8, 4) is 0 Å². The predicted octanol–water partition coefficient (Wildman–Crippen LogP) is 6.28. The summed E-state index contributed by atoms with van der Waals surface area (Å²) in [6, 6.07) is 11.4. The molecule has 3 aromatic rings. The molecule has 2 N–H and O–H groups in total. The summed E-state index contributed by atoms with van der Waals surface area (Å²) in [5.41, 5.74) is 2.38. The fourth-order valence-corrected chi connectivity index (χ4v) is 8.27. The molecule has 1 aromatic heterocycles. The molecule has 1 aliphatic carbocycles. The van der Waals surface area contributed by atoms with E-state index in [-0.39, 0.29) is 35.2 Å². The molecule has 3 heterocycles. The van der Waals surface area contributed by atoms with Gasteiger partial charge in [0.25, 0.3) is 5.91 Å². The van der Waals surface area contributed by atoms with Gasteiger partial charge < -0.3 is 19.7 Å². The van der Waals surface area contributed by atoms with Gasteiger partial charge in [-0.05, 0) is 76.1 Å². The van der Waals surface area contributed by atoms with Crippen molar-refractivity contribution >= 4 is 57.5 Å². The highest BCUT2D eigenvalue weighted by atomic mass is 35.5. The summed E-state index contributed by atoms with van der Waals surface area (Å²) in [7, 11) is 1.89. The number of piperazine rings is 1. The number of amides is 1. The molecular weight excluding hydrogens is 665 g/mol. The molecule has 1 amide bonds. The number of ketones is 1. The summed E-state index contributed by atoms with van der Waals surface area (Å²) in [5, 5.41) is 14.0. The lowest BCUT2D eigenvalue weighted by atomic mass is 9.87. The predicted molar refractivity (Wildman–Crippen MR) is 192 cm³/mol. The number of rotatable bonds is 11. The minimum Gasteiger partial charge on any atom is -0.481 e. The molecule has 1 saturated carbocycles. The molecule has 264 valence electrons. The Kier molecular flexibility index (Phi) is 11.0. The number of nitrogens with one attached hydrogen (secondary N) is 1. The largest absolute Gasteiger partial charge is 0.481 e. The Balaban J connectivity index is 1.28. The third-order valence-electron chi connectivity index (χ3n) is 10.6. The molecular formula is C37H47Cl2N5O5. The van der Waals surface area contributed by atoms with Crippen molar-refractivity contribution in [2.45, 2.75) is 76.8 Å². The van der Waals surface area contributed by atoms with Crippen LogP contribution in [0.5, 0.6) is 0 Å². The van der Waals surface area contributed by atoms with Gasteiger partial charge in [-0.3, -0.25) is 29.1 Å². The van der Waals surface area contributed by atoms with Crippen molar-refractivity contribution in [1.29, 1.82) is 0 Å². The zero-order valence-electron chi connectivity index (χ0n) is 28.6. The fraction of sp³-hybridized carbons (Fsp3) is 0.541. The Hall–Kier alpha value is -2.99. The number of benzene rings is 2. The number of anilines is 1. The molecule has 3 aliphatic rings. The Bertz CT molecular complexity index is 1690. The van der Waals surface area contributed by atoms with Crippen molar-refractivity contribution in [3.05, 3.63) is 63.8 Å². The number of aromatic nitrogens is 1. The van der Waals surface area contributed by atoms with Crippen LogP contribution in [0.4, 0.5) is 5.69 Å². The number of aryl methyl sites for hydroxylation is 1. The molecule has 10 nitrogen and oxygen atoms in total. The zero-order valence-corrected chi connectivity index (χ0v) is 30.1. The van der Waals surface area contributed by atoms with E-state index in [4.69, 9.17) is 27.9 Å². The number of hydrogen-bond donors (Lipinski definition) is 2. The molecule has 6 rings (SSSR count). The van der Waals surface area contributed by atoms with Crippen LogP contribution in [0.2, 0.25) is 10.0 Å². The Labute approximate surface area is 298 Å². The standard InChI is InChI=1S/C37H47Cl2N5O5/c1-24(2)42-16-18-44(19-17-42)37(43-14-6-7-15-43,49-27-12-10-25(11-13-27)36(47)48)34(45)21-26-20-31(39)32(22-30(26)38)40-35(46)29-23-41(3)33-9-5-4-8-28(29)33/h4-5,8-9,20,22-25,27H,6-7,10-19,21H2,1-3H3,(H,40,46)(H,47,48)/t25-,27-,37?. The summed E-state index contributed by atoms with van der Waals surface area (Å²) in [4.78, 5) is 46.8. The van der Waals surface area contributed by atoms with Gasteiger partial charge in [0.2, 0.25) is 5.85 Å². The van der Waals surface area contributed by atoms with Gasteiger partial charge in [0, 0.05) is 80.9 Å². The number of carboxylic acids is 1. The summed E-state index contributed by atoms with van der Waals surface area (Å²) < 4.78 is 8.95. The van der Waals surface area contributed by atoms with E-state index in [1.165, 1.54) is 0 Å². The van der Waals surface area contributed by atoms with E-state index in [1.807, 2.05) is 35.9 Å². The number of halogens is 2. The molecule has 2 aromatic carbocycles. The first-order valence-corrected chi connectivity index (χ1v) is 18.2. The van der Waals surface area contributed by atoms with E-state index in [2.05, 4.69) is 33.9 Å². The Morgan fingerprint density at radius 1 is 0.939 bits per heavy atom. The molecule has 0 radical (unpaired) electrons. The number of carbonyl (C=O) groups excluding carboxylic acids is 2. The fourth-order valence-electron chi connectivity index (χ4n) is 7.81. The number of para-hydroxylation sites is 1. The van der Waals surface area contributed by atoms with Crippen LogP contribution in [-0.2, 0) is 27.8 Å². The highest BCUT2D eigenvalue weighted by molar-refractivity contribution is 6.36. The van der Waals surface area contributed by atoms with Gasteiger partial charge in [0.1, 0.15) is 0 Å². The van der Waals surface area contributed by atoms with Gasteiger partial charge >= 0.3 is 5.97 Å². The van der Waals surface area contributed by atoms with E-state index >= 15 is 0 Å². The number of hydrogen-bond acceptors (Lipinski definition) is 7. The lowest BCUT2D eigenvalue weighted by Gasteiger charge is -2.52. The highest BCUT2D eigenvalue weighted by Crippen LogP contribution is 2.38. The molecule has 0 bridgehead atoms. The van der Waals surface area contributed by atoms with E-state index in [1.54, 1.807) is 18.3 Å². The zero-order chi connectivity index (χ0) is 34.9. The smallest absolute Gasteiger partial charge is 0.306 e. The maximum atomic E-state index is 14.9. The number of nitrogens with zero attached hydrogens (tertiary/aromatic N) is 4. The van der Waals surface area contributed by atoms with Crippen LogP contribution in [0.1, 0.15) is 68.3 Å². The summed E-state index contributed by atoms with van der Waals surface area (Å²) in [6.45, 7) is 8.79. The first-order chi connectivity index (χ1) is 23.5. The van der Waals surface area contributed by atoms with Crippen LogP contribution in [0.3, 0.4) is 0 Å². The van der Waals surface area contributed by atoms with Crippen molar-refractivity contribution in [3.63, 3.8) is 0 Å². The average molecular weight is 713 g/mol. The van der Waals surface area contributed by atoms with Crippen molar-refractivity contribution in [2.75, 3.05) is 44.6 Å². The van der Waals surface area contributed by atoms with Crippen LogP contribution >= 0.6 is 23.2 Å². The summed E-state index contributed by atoms with van der Waals surface area (Å²) in [5.74, 6) is -2.88. The number of Topliss-reactive ketones (excluding diaryl/α,β-unsaturated/α-hetero) is 1. The number of aliphatic carboxylic acids is 1. The normalized spacial score (nSPS) is 22.4. The third kappa shape index (κ3) is 7.41. The van der Waals surface area contributed by atoms with Crippen molar-refractivity contribution in [2.24, 2.45) is 13.0 Å². The van der Waals surface area contributed by atoms with Crippen molar-refractivity contribution < 1.29 is 24.2 Å². The second-order valence-electron chi connectivity index (χ2n) is 14.0. The monoisotopic (exact) mass is 711 g/mol. The van der Waals surface area contributed by atoms with Gasteiger partial charge in [0.05, 0.1) is 28.3 Å². The second kappa shape index (κ2) is 15.1. The average Bonchev–Trinajstić information content (AvgIpc) is 3.75. The van der Waals surface area contributed by atoms with E-state index in [0.717, 1.165) is 49.9 Å². The number of ether oxygens (including phenoxy) is 1.